The van der Waals surface area contributed by atoms with Crippen molar-refractivity contribution in [3.8, 4) is 0 Å². The molecule has 0 atom stereocenters. The van der Waals surface area contributed by atoms with E-state index in [0.717, 1.165) is 0 Å². The first-order valence-corrected chi connectivity index (χ1v) is 4.53. The highest BCUT2D eigenvalue weighted by Gasteiger charge is 1.94. The molecule has 0 unspecified atom stereocenters. The van der Waals surface area contributed by atoms with Crippen LogP contribution in [0.3, 0.4) is 0 Å². The van der Waals surface area contributed by atoms with Gasteiger partial charge in [0.2, 0.25) is 0 Å². The van der Waals surface area contributed by atoms with Gasteiger partial charge in [0, 0.05) is 0 Å². The van der Waals surface area contributed by atoms with E-state index < -0.39 is 0 Å². The highest BCUT2D eigenvalue weighted by molar-refractivity contribution is 9.09. The summed E-state index contributed by atoms with van der Waals surface area (Å²) in [5.74, 6) is 0.240. The topological polar surface area (TPSA) is 26.3 Å². The number of alkyl halides is 1. The number of esters is 1. The lowest BCUT2D eigenvalue weighted by molar-refractivity contribution is -0.138. The van der Waals surface area contributed by atoms with Crippen LogP contribution in [0.5, 0.6) is 0 Å². The van der Waals surface area contributed by atoms with Crippen LogP contribution in [-0.2, 0) is 9.53 Å². The molecule has 0 aliphatic heterocycles. The number of carbonyl (C=O) groups excluding carboxylic acids is 1. The molecule has 0 radical (unpaired) electrons. The predicted molar refractivity (Wildman–Crippen MR) is 38.3 cm³/mol. The molecule has 0 spiro atoms. The summed E-state index contributed by atoms with van der Waals surface area (Å²) in [4.78, 5) is 10.3. The first-order valence-electron chi connectivity index (χ1n) is 2.01. The van der Waals surface area contributed by atoms with E-state index in [0.29, 0.717) is 5.94 Å². The monoisotopic (exact) mass is 198 g/mol. The van der Waals surface area contributed by atoms with Crippen molar-refractivity contribution in [2.45, 2.75) is 0 Å². The number of rotatable bonds is 3. The molecule has 0 amide bonds. The van der Waals surface area contributed by atoms with Crippen LogP contribution in [0.1, 0.15) is 0 Å². The Balaban J connectivity index is 2.99. The lowest BCUT2D eigenvalue weighted by Gasteiger charge is -1.96. The average Bonchev–Trinajstić information content (AvgIpc) is 1.83. The standard InChI is InChI=1S/C4H7BrO2S/c1-8-3-7-4(6)2-5/h2-3H2,1H3. The van der Waals surface area contributed by atoms with Crippen molar-refractivity contribution in [3.05, 3.63) is 0 Å². The normalized spacial score (nSPS) is 8.75. The van der Waals surface area contributed by atoms with Gasteiger partial charge in [0.1, 0.15) is 11.3 Å². The maximum absolute atomic E-state index is 10.3. The number of halogens is 1. The summed E-state index contributed by atoms with van der Waals surface area (Å²) in [6, 6.07) is 0. The average molecular weight is 199 g/mol. The zero-order valence-electron chi connectivity index (χ0n) is 4.52. The van der Waals surface area contributed by atoms with E-state index in [2.05, 4.69) is 20.7 Å². The first-order chi connectivity index (χ1) is 3.81. The summed E-state index contributed by atoms with van der Waals surface area (Å²) in [5.41, 5.74) is 0. The minimum atomic E-state index is -0.209. The molecule has 48 valence electrons. The van der Waals surface area contributed by atoms with Crippen molar-refractivity contribution in [2.75, 3.05) is 17.5 Å². The van der Waals surface area contributed by atoms with E-state index in [9.17, 15) is 4.79 Å². The lowest BCUT2D eigenvalue weighted by atomic mass is 10.8. The molecule has 0 aliphatic carbocycles. The second kappa shape index (κ2) is 5.44. The maximum atomic E-state index is 10.3. The first kappa shape index (κ1) is 8.30. The van der Waals surface area contributed by atoms with Gasteiger partial charge in [0.05, 0.1) is 0 Å². The fraction of sp³-hybridized carbons (Fsp3) is 0.750. The van der Waals surface area contributed by atoms with Crippen LogP contribution in [0.4, 0.5) is 0 Å². The van der Waals surface area contributed by atoms with Crippen molar-refractivity contribution in [3.63, 3.8) is 0 Å². The molecule has 0 saturated carbocycles. The zero-order valence-corrected chi connectivity index (χ0v) is 6.92. The number of hydrogen-bond acceptors (Lipinski definition) is 3. The van der Waals surface area contributed by atoms with Gasteiger partial charge in [0.15, 0.2) is 0 Å². The molecule has 0 heterocycles. The number of carbonyl (C=O) groups is 1. The van der Waals surface area contributed by atoms with E-state index in [4.69, 9.17) is 0 Å². The van der Waals surface area contributed by atoms with Gasteiger partial charge < -0.3 is 4.74 Å². The van der Waals surface area contributed by atoms with Crippen LogP contribution in [-0.4, -0.2) is 23.5 Å². The zero-order chi connectivity index (χ0) is 6.41. The van der Waals surface area contributed by atoms with Crippen LogP contribution >= 0.6 is 27.7 Å². The Morgan fingerprint density at radius 1 is 1.88 bits per heavy atom. The van der Waals surface area contributed by atoms with E-state index >= 15 is 0 Å². The van der Waals surface area contributed by atoms with Crippen molar-refractivity contribution in [2.24, 2.45) is 0 Å². The van der Waals surface area contributed by atoms with Gasteiger partial charge in [-0.2, -0.15) is 0 Å². The molecule has 2 nitrogen and oxygen atoms in total. The Bertz CT molecular complexity index is 76.4. The molecule has 4 heteroatoms. The third kappa shape index (κ3) is 4.46. The maximum Gasteiger partial charge on any atom is 0.317 e. The predicted octanol–water partition coefficient (Wildman–Crippen LogP) is 1.24. The number of hydrogen-bond donors (Lipinski definition) is 0. The molecule has 0 rings (SSSR count). The molecule has 0 aromatic rings. The fourth-order valence-electron chi connectivity index (χ4n) is 0.163. The van der Waals surface area contributed by atoms with Crippen molar-refractivity contribution < 1.29 is 9.53 Å². The summed E-state index contributed by atoms with van der Waals surface area (Å²) >= 11 is 4.44. The van der Waals surface area contributed by atoms with Gasteiger partial charge >= 0.3 is 5.97 Å². The smallest absolute Gasteiger partial charge is 0.317 e. The van der Waals surface area contributed by atoms with E-state index in [1.165, 1.54) is 11.8 Å². The second-order valence-corrected chi connectivity index (χ2v) is 2.43. The van der Waals surface area contributed by atoms with Crippen molar-refractivity contribution >= 4 is 33.7 Å². The third-order valence-corrected chi connectivity index (χ3v) is 1.26. The quantitative estimate of drug-likeness (QED) is 0.388. The molecule has 0 saturated heterocycles. The third-order valence-electron chi connectivity index (χ3n) is 0.447. The fourth-order valence-corrected chi connectivity index (χ4v) is 0.574. The van der Waals surface area contributed by atoms with Gasteiger partial charge in [-0.25, -0.2) is 0 Å². The molecule has 8 heavy (non-hydrogen) atoms. The van der Waals surface area contributed by atoms with Crippen LogP contribution in [0.25, 0.3) is 0 Å². The largest absolute Gasteiger partial charge is 0.454 e. The molecule has 0 N–H and O–H groups in total. The molecule has 0 aromatic heterocycles. The summed E-state index contributed by atoms with van der Waals surface area (Å²) in [6.07, 6.45) is 1.88. The summed E-state index contributed by atoms with van der Waals surface area (Å²) in [6.45, 7) is 0. The Hall–Kier alpha value is 0.300. The van der Waals surface area contributed by atoms with Gasteiger partial charge in [-0.3, -0.25) is 4.79 Å². The van der Waals surface area contributed by atoms with Crippen LogP contribution < -0.4 is 0 Å². The molecule has 0 aromatic carbocycles. The molecule has 0 bridgehead atoms. The van der Waals surface area contributed by atoms with Gasteiger partial charge in [-0.15, -0.1) is 11.8 Å². The van der Waals surface area contributed by atoms with Gasteiger partial charge in [-0.05, 0) is 6.26 Å². The van der Waals surface area contributed by atoms with Crippen molar-refractivity contribution in [1.29, 1.82) is 0 Å². The van der Waals surface area contributed by atoms with Crippen molar-refractivity contribution in [1.82, 2.24) is 0 Å². The highest BCUT2D eigenvalue weighted by atomic mass is 79.9. The van der Waals surface area contributed by atoms with E-state index in [1.54, 1.807) is 0 Å². The number of thioether (sulfide) groups is 1. The minimum absolute atomic E-state index is 0.209. The Morgan fingerprint density at radius 2 is 2.50 bits per heavy atom. The Morgan fingerprint density at radius 3 is 2.88 bits per heavy atom. The molecule has 0 fully saturated rings. The van der Waals surface area contributed by atoms with E-state index in [1.807, 2.05) is 6.26 Å². The molecule has 0 aliphatic rings. The minimum Gasteiger partial charge on any atom is -0.454 e. The summed E-state index contributed by atoms with van der Waals surface area (Å²) in [5, 5.41) is 0.285. The Kier molecular flexibility index (Phi) is 5.64. The summed E-state index contributed by atoms with van der Waals surface area (Å²) < 4.78 is 4.62. The Labute approximate surface area is 61.1 Å². The second-order valence-electron chi connectivity index (χ2n) is 1.06. The van der Waals surface area contributed by atoms with Crippen LogP contribution in [0.15, 0.2) is 0 Å². The van der Waals surface area contributed by atoms with E-state index in [-0.39, 0.29) is 11.3 Å². The SMILES string of the molecule is CSCOC(=O)CBr. The van der Waals surface area contributed by atoms with Gasteiger partial charge in [0.25, 0.3) is 0 Å². The van der Waals surface area contributed by atoms with Crippen LogP contribution in [0, 0.1) is 0 Å². The highest BCUT2D eigenvalue weighted by Crippen LogP contribution is 1.93. The number of ether oxygens (including phenoxy) is 1. The van der Waals surface area contributed by atoms with Crippen LogP contribution in [0.2, 0.25) is 0 Å². The molecular formula is C4H7BrO2S. The summed E-state index contributed by atoms with van der Waals surface area (Å²) in [7, 11) is 0. The molecular weight excluding hydrogens is 192 g/mol. The lowest BCUT2D eigenvalue weighted by Crippen LogP contribution is -2.03. The van der Waals surface area contributed by atoms with Gasteiger partial charge in [-0.1, -0.05) is 15.9 Å².